The molecular weight excluding hydrogens is 358 g/mol. The maximum atomic E-state index is 13.2. The smallest absolute Gasteiger partial charge is 0.298 e. The van der Waals surface area contributed by atoms with E-state index in [9.17, 15) is 14.4 Å². The first-order valence-electron chi connectivity index (χ1n) is 9.01. The molecule has 3 aromatic heterocycles. The molecule has 0 saturated carbocycles. The SMILES string of the molecule is CC(=O)[C@@H](C)n1c(=O)c2c(nc3n(-c4ccc(C)cc4)c(C)cn23)n(C)c1=O. The molecule has 0 aliphatic rings. The fourth-order valence-electron chi connectivity index (χ4n) is 3.51. The normalized spacial score (nSPS) is 12.8. The van der Waals surface area contributed by atoms with Crippen LogP contribution in [0.15, 0.2) is 40.1 Å². The quantitative estimate of drug-likeness (QED) is 0.544. The monoisotopic (exact) mass is 379 g/mol. The molecule has 0 saturated heterocycles. The Balaban J connectivity index is 2.14. The Morgan fingerprint density at radius 3 is 2.36 bits per heavy atom. The zero-order chi connectivity index (χ0) is 20.3. The zero-order valence-electron chi connectivity index (χ0n) is 16.4. The number of aromatic nitrogens is 5. The largest absolute Gasteiger partial charge is 0.333 e. The Hall–Kier alpha value is -3.42. The summed E-state index contributed by atoms with van der Waals surface area (Å²) in [7, 11) is 1.56. The molecule has 0 amide bonds. The number of rotatable bonds is 3. The first-order valence-corrected chi connectivity index (χ1v) is 9.01. The Morgan fingerprint density at radius 2 is 1.75 bits per heavy atom. The van der Waals surface area contributed by atoms with Gasteiger partial charge in [-0.2, -0.15) is 4.98 Å². The van der Waals surface area contributed by atoms with Crippen LogP contribution < -0.4 is 11.2 Å². The lowest BCUT2D eigenvalue weighted by molar-refractivity contribution is -0.119. The van der Waals surface area contributed by atoms with Gasteiger partial charge in [-0.05, 0) is 39.8 Å². The van der Waals surface area contributed by atoms with Crippen molar-refractivity contribution in [2.45, 2.75) is 33.7 Å². The predicted octanol–water partition coefficient (Wildman–Crippen LogP) is 1.91. The molecule has 4 aromatic rings. The van der Waals surface area contributed by atoms with Gasteiger partial charge in [0.1, 0.15) is 0 Å². The van der Waals surface area contributed by atoms with Gasteiger partial charge >= 0.3 is 5.69 Å². The van der Waals surface area contributed by atoms with E-state index in [2.05, 4.69) is 4.98 Å². The Labute approximate surface area is 160 Å². The maximum Gasteiger partial charge on any atom is 0.333 e. The van der Waals surface area contributed by atoms with Crippen molar-refractivity contribution in [2.75, 3.05) is 0 Å². The van der Waals surface area contributed by atoms with E-state index in [4.69, 9.17) is 0 Å². The van der Waals surface area contributed by atoms with Gasteiger partial charge in [0.25, 0.3) is 5.56 Å². The highest BCUT2D eigenvalue weighted by Gasteiger charge is 2.24. The molecule has 0 aliphatic carbocycles. The first kappa shape index (κ1) is 18.0. The summed E-state index contributed by atoms with van der Waals surface area (Å²) in [5.74, 6) is 0.282. The van der Waals surface area contributed by atoms with E-state index in [-0.39, 0.29) is 16.9 Å². The van der Waals surface area contributed by atoms with Crippen LogP contribution in [0.1, 0.15) is 31.1 Å². The van der Waals surface area contributed by atoms with Gasteiger partial charge in [0.05, 0.1) is 6.04 Å². The third kappa shape index (κ3) is 2.37. The summed E-state index contributed by atoms with van der Waals surface area (Å²) in [6.07, 6.45) is 1.82. The van der Waals surface area contributed by atoms with Crippen molar-refractivity contribution < 1.29 is 4.79 Å². The van der Waals surface area contributed by atoms with Gasteiger partial charge in [-0.25, -0.2) is 9.36 Å². The molecule has 0 unspecified atom stereocenters. The molecule has 1 aromatic carbocycles. The van der Waals surface area contributed by atoms with E-state index >= 15 is 0 Å². The standard InChI is InChI=1S/C20H21N5O3/c1-11-6-8-15(9-7-11)24-12(2)10-23-16-17(21-19(23)24)22(5)20(28)25(18(16)27)13(3)14(4)26/h6-10,13H,1-5H3/t13-/m1/s1. The first-order chi connectivity index (χ1) is 13.2. The molecule has 0 spiro atoms. The van der Waals surface area contributed by atoms with Crippen LogP contribution >= 0.6 is 0 Å². The number of imidazole rings is 2. The molecule has 8 heteroatoms. The minimum atomic E-state index is -0.846. The molecule has 28 heavy (non-hydrogen) atoms. The number of nitrogens with zero attached hydrogens (tertiary/aromatic N) is 5. The van der Waals surface area contributed by atoms with E-state index in [1.54, 1.807) is 18.4 Å². The van der Waals surface area contributed by atoms with E-state index < -0.39 is 17.3 Å². The van der Waals surface area contributed by atoms with Crippen LogP contribution in [0.4, 0.5) is 0 Å². The number of aryl methyl sites for hydroxylation is 3. The minimum absolute atomic E-state index is 0.257. The highest BCUT2D eigenvalue weighted by Crippen LogP contribution is 2.21. The van der Waals surface area contributed by atoms with Gasteiger partial charge in [0, 0.05) is 24.6 Å². The molecule has 144 valence electrons. The van der Waals surface area contributed by atoms with Gasteiger partial charge in [-0.1, -0.05) is 17.7 Å². The summed E-state index contributed by atoms with van der Waals surface area (Å²) >= 11 is 0. The lowest BCUT2D eigenvalue weighted by Crippen LogP contribution is -2.42. The van der Waals surface area contributed by atoms with Crippen molar-refractivity contribution in [2.24, 2.45) is 7.05 Å². The molecule has 0 fully saturated rings. The molecule has 4 rings (SSSR count). The fourth-order valence-corrected chi connectivity index (χ4v) is 3.51. The maximum absolute atomic E-state index is 13.2. The average Bonchev–Trinajstić information content (AvgIpc) is 3.15. The van der Waals surface area contributed by atoms with Crippen LogP contribution in [-0.4, -0.2) is 28.9 Å². The molecular formula is C20H21N5O3. The molecule has 0 radical (unpaired) electrons. The van der Waals surface area contributed by atoms with E-state index in [1.165, 1.54) is 11.5 Å². The second kappa shape index (κ2) is 6.05. The number of benzene rings is 1. The number of carbonyl (C=O) groups is 1. The molecule has 8 nitrogen and oxygen atoms in total. The Kier molecular flexibility index (Phi) is 3.88. The molecule has 0 bridgehead atoms. The lowest BCUT2D eigenvalue weighted by Gasteiger charge is -2.12. The van der Waals surface area contributed by atoms with Crippen molar-refractivity contribution in [3.63, 3.8) is 0 Å². The van der Waals surface area contributed by atoms with Crippen LogP contribution in [0.3, 0.4) is 0 Å². The second-order valence-corrected chi connectivity index (χ2v) is 7.20. The van der Waals surface area contributed by atoms with Crippen molar-refractivity contribution >= 4 is 22.7 Å². The summed E-state index contributed by atoms with van der Waals surface area (Å²) in [4.78, 5) is 42.3. The van der Waals surface area contributed by atoms with Crippen molar-refractivity contribution in [1.29, 1.82) is 0 Å². The van der Waals surface area contributed by atoms with Crippen molar-refractivity contribution in [1.82, 2.24) is 23.1 Å². The lowest BCUT2D eigenvalue weighted by atomic mass is 10.2. The number of hydrogen-bond donors (Lipinski definition) is 0. The number of fused-ring (bicyclic) bond motifs is 3. The van der Waals surface area contributed by atoms with Gasteiger partial charge in [-0.15, -0.1) is 0 Å². The third-order valence-electron chi connectivity index (χ3n) is 5.24. The second-order valence-electron chi connectivity index (χ2n) is 7.20. The van der Waals surface area contributed by atoms with Gasteiger partial charge in [0.15, 0.2) is 16.9 Å². The van der Waals surface area contributed by atoms with E-state index in [0.717, 1.165) is 21.5 Å². The topological polar surface area (TPSA) is 83.3 Å². The highest BCUT2D eigenvalue weighted by molar-refractivity contribution is 5.81. The molecule has 1 atom stereocenters. The summed E-state index contributed by atoms with van der Waals surface area (Å²) in [6.45, 7) is 6.86. The van der Waals surface area contributed by atoms with E-state index in [1.807, 2.05) is 48.9 Å². The summed E-state index contributed by atoms with van der Waals surface area (Å²) in [5, 5.41) is 0. The fraction of sp³-hybridized carbons (Fsp3) is 0.300. The number of ketones is 1. The number of hydrogen-bond acceptors (Lipinski definition) is 4. The highest BCUT2D eigenvalue weighted by atomic mass is 16.2. The minimum Gasteiger partial charge on any atom is -0.298 e. The average molecular weight is 379 g/mol. The van der Waals surface area contributed by atoms with Crippen LogP contribution in [0.2, 0.25) is 0 Å². The van der Waals surface area contributed by atoms with Crippen LogP contribution in [0.25, 0.3) is 22.6 Å². The summed E-state index contributed by atoms with van der Waals surface area (Å²) in [6, 6.07) is 7.13. The van der Waals surface area contributed by atoms with Crippen LogP contribution in [-0.2, 0) is 11.8 Å². The van der Waals surface area contributed by atoms with Crippen molar-refractivity contribution in [3.8, 4) is 5.69 Å². The van der Waals surface area contributed by atoms with E-state index in [0.29, 0.717) is 5.78 Å². The van der Waals surface area contributed by atoms with Gasteiger partial charge in [0.2, 0.25) is 5.78 Å². The van der Waals surface area contributed by atoms with Crippen LogP contribution in [0, 0.1) is 13.8 Å². The predicted molar refractivity (Wildman–Crippen MR) is 106 cm³/mol. The zero-order valence-corrected chi connectivity index (χ0v) is 16.4. The third-order valence-corrected chi connectivity index (χ3v) is 5.24. The van der Waals surface area contributed by atoms with Crippen LogP contribution in [0.5, 0.6) is 0 Å². The molecule has 0 N–H and O–H groups in total. The number of carbonyl (C=O) groups excluding carboxylic acids is 1. The number of Topliss-reactive ketones (excluding diaryl/α,β-unsaturated/α-hetero) is 1. The summed E-state index contributed by atoms with van der Waals surface area (Å²) < 4.78 is 5.94. The summed E-state index contributed by atoms with van der Waals surface area (Å²) in [5.41, 5.74) is 2.44. The van der Waals surface area contributed by atoms with Gasteiger partial charge < -0.3 is 0 Å². The Bertz CT molecular complexity index is 1370. The molecule has 0 aliphatic heterocycles. The molecule has 3 heterocycles. The van der Waals surface area contributed by atoms with Gasteiger partial charge in [-0.3, -0.25) is 23.1 Å². The van der Waals surface area contributed by atoms with Crippen molar-refractivity contribution in [3.05, 3.63) is 62.6 Å². The Morgan fingerprint density at radius 1 is 1.11 bits per heavy atom.